The molecule has 0 aliphatic rings. The summed E-state index contributed by atoms with van der Waals surface area (Å²) in [6.07, 6.45) is 1.63. The average Bonchev–Trinajstić information content (AvgIpc) is 2.56. The van der Waals surface area contributed by atoms with Crippen LogP contribution in [0.5, 0.6) is 0 Å². The number of aryl methyl sites for hydroxylation is 1. The minimum absolute atomic E-state index is 0.149. The molecule has 0 bridgehead atoms. The summed E-state index contributed by atoms with van der Waals surface area (Å²) < 4.78 is 1.33. The summed E-state index contributed by atoms with van der Waals surface area (Å²) in [6.45, 7) is 2.13. The van der Waals surface area contributed by atoms with Crippen LogP contribution >= 0.6 is 11.3 Å². The summed E-state index contributed by atoms with van der Waals surface area (Å²) in [5.41, 5.74) is 6.12. The lowest BCUT2D eigenvalue weighted by atomic mass is 10.3. The lowest BCUT2D eigenvalue weighted by Crippen LogP contribution is -2.22. The van der Waals surface area contributed by atoms with Crippen molar-refractivity contribution in [1.82, 2.24) is 20.0 Å². The molecule has 2 aromatic rings. The Morgan fingerprint density at radius 2 is 2.33 bits per heavy atom. The number of nitrogens with zero attached hydrogens (tertiary/aromatic N) is 4. The van der Waals surface area contributed by atoms with E-state index in [1.165, 1.54) is 22.1 Å². The zero-order chi connectivity index (χ0) is 10.8. The van der Waals surface area contributed by atoms with E-state index in [-0.39, 0.29) is 5.56 Å². The van der Waals surface area contributed by atoms with Gasteiger partial charge in [-0.2, -0.15) is 5.10 Å². The number of hydrogen-bond acceptors (Lipinski definition) is 6. The highest BCUT2D eigenvalue weighted by molar-refractivity contribution is 7.15. The first-order valence-electron chi connectivity index (χ1n) is 4.27. The highest BCUT2D eigenvalue weighted by atomic mass is 32.1. The van der Waals surface area contributed by atoms with Crippen molar-refractivity contribution in [3.05, 3.63) is 33.2 Å². The van der Waals surface area contributed by atoms with E-state index >= 15 is 0 Å². The number of nitrogen functional groups attached to an aromatic ring is 1. The minimum atomic E-state index is -0.149. The summed E-state index contributed by atoms with van der Waals surface area (Å²) in [4.78, 5) is 11.5. The second kappa shape index (κ2) is 3.77. The van der Waals surface area contributed by atoms with E-state index in [9.17, 15) is 4.79 Å². The molecule has 0 aromatic carbocycles. The molecule has 0 fully saturated rings. The molecule has 0 amide bonds. The normalized spacial score (nSPS) is 10.5. The number of aromatic nitrogens is 4. The third-order valence-corrected chi connectivity index (χ3v) is 2.51. The number of nitrogens with two attached hydrogens (primary N) is 1. The second-order valence-corrected chi connectivity index (χ2v) is 4.16. The van der Waals surface area contributed by atoms with Crippen molar-refractivity contribution in [2.45, 2.75) is 13.5 Å². The van der Waals surface area contributed by atoms with Crippen molar-refractivity contribution in [3.63, 3.8) is 0 Å². The molecule has 6 nitrogen and oxygen atoms in total. The lowest BCUT2D eigenvalue weighted by molar-refractivity contribution is 0.629. The van der Waals surface area contributed by atoms with Gasteiger partial charge in [-0.25, -0.2) is 4.68 Å². The molecule has 2 aromatic heterocycles. The maximum absolute atomic E-state index is 11.5. The monoisotopic (exact) mass is 223 g/mol. The Labute approximate surface area is 89.4 Å². The van der Waals surface area contributed by atoms with Crippen LogP contribution < -0.4 is 11.3 Å². The van der Waals surface area contributed by atoms with Crippen LogP contribution in [0.3, 0.4) is 0 Å². The van der Waals surface area contributed by atoms with Crippen molar-refractivity contribution < 1.29 is 0 Å². The highest BCUT2D eigenvalue weighted by Crippen LogP contribution is 2.10. The van der Waals surface area contributed by atoms with Gasteiger partial charge in [-0.15, -0.1) is 10.2 Å². The minimum Gasteiger partial charge on any atom is -0.374 e. The van der Waals surface area contributed by atoms with Crippen molar-refractivity contribution in [2.75, 3.05) is 5.73 Å². The average molecular weight is 223 g/mol. The van der Waals surface area contributed by atoms with E-state index in [1.807, 2.05) is 6.92 Å². The van der Waals surface area contributed by atoms with Crippen LogP contribution in [0.15, 0.2) is 17.1 Å². The fourth-order valence-electron chi connectivity index (χ4n) is 1.10. The maximum atomic E-state index is 11.5. The van der Waals surface area contributed by atoms with Crippen molar-refractivity contribution in [3.8, 4) is 0 Å². The molecule has 0 aliphatic heterocycles. The van der Waals surface area contributed by atoms with Gasteiger partial charge in [0, 0.05) is 6.07 Å². The molecule has 0 spiro atoms. The second-order valence-electron chi connectivity index (χ2n) is 3.06. The van der Waals surface area contributed by atoms with E-state index in [0.717, 1.165) is 5.56 Å². The standard InChI is InChI=1S/C8H9N5OS/c1-5-2-7(14)13(10-3-5)4-6-11-12-8(9)15-6/h2-3H,4H2,1H3,(H2,9,12). The van der Waals surface area contributed by atoms with E-state index in [4.69, 9.17) is 5.73 Å². The van der Waals surface area contributed by atoms with Gasteiger partial charge in [0.15, 0.2) is 0 Å². The fraction of sp³-hybridized carbons (Fsp3) is 0.250. The van der Waals surface area contributed by atoms with Gasteiger partial charge in [-0.05, 0) is 12.5 Å². The molecule has 7 heteroatoms. The van der Waals surface area contributed by atoms with Crippen LogP contribution in [-0.4, -0.2) is 20.0 Å². The van der Waals surface area contributed by atoms with Gasteiger partial charge in [-0.3, -0.25) is 4.79 Å². The molecule has 2 N–H and O–H groups in total. The Kier molecular flexibility index (Phi) is 2.46. The van der Waals surface area contributed by atoms with E-state index in [2.05, 4.69) is 15.3 Å². The molecule has 0 atom stereocenters. The number of hydrogen-bond donors (Lipinski definition) is 1. The summed E-state index contributed by atoms with van der Waals surface area (Å²) in [5, 5.41) is 12.5. The first-order valence-corrected chi connectivity index (χ1v) is 5.08. The van der Waals surface area contributed by atoms with Gasteiger partial charge in [-0.1, -0.05) is 11.3 Å². The molecule has 2 rings (SSSR count). The molecule has 78 valence electrons. The Morgan fingerprint density at radius 1 is 1.53 bits per heavy atom. The maximum Gasteiger partial charge on any atom is 0.267 e. The van der Waals surface area contributed by atoms with Gasteiger partial charge >= 0.3 is 0 Å². The first-order chi connectivity index (χ1) is 7.15. The molecular formula is C8H9N5OS. The zero-order valence-corrected chi connectivity index (χ0v) is 8.86. The topological polar surface area (TPSA) is 86.7 Å². The smallest absolute Gasteiger partial charge is 0.267 e. The molecule has 0 unspecified atom stereocenters. The number of anilines is 1. The Morgan fingerprint density at radius 3 is 2.93 bits per heavy atom. The Hall–Kier alpha value is -1.76. The van der Waals surface area contributed by atoms with Gasteiger partial charge in [0.1, 0.15) is 5.01 Å². The summed E-state index contributed by atoms with van der Waals surface area (Å²) in [6, 6.07) is 1.53. The quantitative estimate of drug-likeness (QED) is 0.776. The SMILES string of the molecule is Cc1cnn(Cc2nnc(N)s2)c(=O)c1. The Bertz CT molecular complexity index is 532. The molecule has 15 heavy (non-hydrogen) atoms. The largest absolute Gasteiger partial charge is 0.374 e. The van der Waals surface area contributed by atoms with E-state index in [0.29, 0.717) is 16.7 Å². The molecule has 0 radical (unpaired) electrons. The third-order valence-electron chi connectivity index (χ3n) is 1.77. The van der Waals surface area contributed by atoms with E-state index in [1.54, 1.807) is 6.20 Å². The van der Waals surface area contributed by atoms with Crippen LogP contribution in [0, 0.1) is 6.92 Å². The zero-order valence-electron chi connectivity index (χ0n) is 8.04. The number of rotatable bonds is 2. The van der Waals surface area contributed by atoms with Crippen LogP contribution in [0.1, 0.15) is 10.6 Å². The van der Waals surface area contributed by atoms with Crippen LogP contribution in [-0.2, 0) is 6.54 Å². The third kappa shape index (κ3) is 2.18. The summed E-state index contributed by atoms with van der Waals surface area (Å²) in [7, 11) is 0. The molecule has 0 saturated heterocycles. The lowest BCUT2D eigenvalue weighted by Gasteiger charge is -2.00. The molecule has 0 saturated carbocycles. The van der Waals surface area contributed by atoms with Gasteiger partial charge < -0.3 is 5.73 Å². The predicted octanol–water partition coefficient (Wildman–Crippen LogP) is 0.0337. The highest BCUT2D eigenvalue weighted by Gasteiger charge is 2.04. The fourth-order valence-corrected chi connectivity index (χ4v) is 1.69. The van der Waals surface area contributed by atoms with Crippen LogP contribution in [0.2, 0.25) is 0 Å². The van der Waals surface area contributed by atoms with Gasteiger partial charge in [0.2, 0.25) is 5.13 Å². The van der Waals surface area contributed by atoms with E-state index < -0.39 is 0 Å². The van der Waals surface area contributed by atoms with Crippen LogP contribution in [0.4, 0.5) is 5.13 Å². The Balaban J connectivity index is 2.28. The van der Waals surface area contributed by atoms with Crippen molar-refractivity contribution in [2.24, 2.45) is 0 Å². The van der Waals surface area contributed by atoms with Crippen molar-refractivity contribution in [1.29, 1.82) is 0 Å². The molecular weight excluding hydrogens is 214 g/mol. The van der Waals surface area contributed by atoms with Gasteiger partial charge in [0.25, 0.3) is 5.56 Å². The first kappa shape index (κ1) is 9.78. The van der Waals surface area contributed by atoms with Gasteiger partial charge in [0.05, 0.1) is 12.7 Å². The summed E-state index contributed by atoms with van der Waals surface area (Å²) >= 11 is 1.25. The predicted molar refractivity (Wildman–Crippen MR) is 56.7 cm³/mol. The van der Waals surface area contributed by atoms with Crippen molar-refractivity contribution >= 4 is 16.5 Å². The van der Waals surface area contributed by atoms with Crippen LogP contribution in [0.25, 0.3) is 0 Å². The molecule has 2 heterocycles. The molecule has 0 aliphatic carbocycles. The summed E-state index contributed by atoms with van der Waals surface area (Å²) in [5.74, 6) is 0.